The molecule has 1 aromatic rings. The number of likely N-dealkylation sites (N-methyl/N-ethyl adjacent to an activating group) is 1. The van der Waals surface area contributed by atoms with Crippen molar-refractivity contribution in [3.05, 3.63) is 29.8 Å². The summed E-state index contributed by atoms with van der Waals surface area (Å²) in [4.78, 5) is 4.53. The van der Waals surface area contributed by atoms with Crippen LogP contribution in [0.1, 0.15) is 37.8 Å². The highest BCUT2D eigenvalue weighted by Gasteiger charge is 2.38. The fraction of sp³-hybridized carbons (Fsp3) is 0.647. The van der Waals surface area contributed by atoms with E-state index in [1.807, 2.05) is 0 Å². The van der Waals surface area contributed by atoms with Gasteiger partial charge in [-0.3, -0.25) is 0 Å². The van der Waals surface area contributed by atoms with Gasteiger partial charge in [0.05, 0.1) is 0 Å². The zero-order valence-corrected chi connectivity index (χ0v) is 13.6. The van der Waals surface area contributed by atoms with Crippen LogP contribution in [0, 0.1) is 0 Å². The minimum Gasteiger partial charge on any atom is -0.378 e. The second-order valence-corrected chi connectivity index (χ2v) is 6.56. The first-order chi connectivity index (χ1) is 9.44. The van der Waals surface area contributed by atoms with Crippen LogP contribution in [-0.4, -0.2) is 45.2 Å². The summed E-state index contributed by atoms with van der Waals surface area (Å²) < 4.78 is 0. The molecule has 0 spiro atoms. The van der Waals surface area contributed by atoms with Crippen molar-refractivity contribution in [3.63, 3.8) is 0 Å². The molecule has 1 aromatic carbocycles. The average Bonchev–Trinajstić information content (AvgIpc) is 2.36. The first kappa shape index (κ1) is 15.3. The summed E-state index contributed by atoms with van der Waals surface area (Å²) in [5.74, 6) is 0. The number of nitrogens with one attached hydrogen (secondary N) is 1. The lowest BCUT2D eigenvalue weighted by molar-refractivity contribution is 0.0576. The molecule has 3 nitrogen and oxygen atoms in total. The zero-order valence-electron chi connectivity index (χ0n) is 13.6. The lowest BCUT2D eigenvalue weighted by Gasteiger charge is -2.48. The van der Waals surface area contributed by atoms with Crippen molar-refractivity contribution in [2.45, 2.75) is 37.8 Å². The van der Waals surface area contributed by atoms with E-state index >= 15 is 0 Å². The van der Waals surface area contributed by atoms with E-state index in [-0.39, 0.29) is 0 Å². The molecule has 0 heterocycles. The molecule has 1 unspecified atom stereocenters. The second-order valence-electron chi connectivity index (χ2n) is 6.56. The van der Waals surface area contributed by atoms with Crippen molar-refractivity contribution in [3.8, 4) is 0 Å². The predicted molar refractivity (Wildman–Crippen MR) is 87.5 cm³/mol. The summed E-state index contributed by atoms with van der Waals surface area (Å²) in [6, 6.07) is 9.26. The van der Waals surface area contributed by atoms with Gasteiger partial charge in [0.25, 0.3) is 0 Å². The van der Waals surface area contributed by atoms with Gasteiger partial charge in [0.2, 0.25) is 0 Å². The Morgan fingerprint density at radius 2 is 1.70 bits per heavy atom. The fourth-order valence-electron chi connectivity index (χ4n) is 2.89. The number of rotatable bonds is 6. The minimum atomic E-state index is 0.387. The molecule has 20 heavy (non-hydrogen) atoms. The molecule has 1 aliphatic carbocycles. The number of benzene rings is 1. The summed E-state index contributed by atoms with van der Waals surface area (Å²) >= 11 is 0. The Morgan fingerprint density at radius 3 is 2.10 bits per heavy atom. The molecule has 112 valence electrons. The number of nitrogens with zero attached hydrogens (tertiary/aromatic N) is 2. The molecule has 3 heteroatoms. The molecule has 0 aromatic heterocycles. The molecule has 2 rings (SSSR count). The Hall–Kier alpha value is -1.06. The maximum Gasteiger partial charge on any atom is 0.0361 e. The zero-order chi connectivity index (χ0) is 14.8. The van der Waals surface area contributed by atoms with Crippen LogP contribution in [0.15, 0.2) is 24.3 Å². The van der Waals surface area contributed by atoms with Gasteiger partial charge in [0, 0.05) is 37.9 Å². The van der Waals surface area contributed by atoms with Gasteiger partial charge in [-0.2, -0.15) is 0 Å². The van der Waals surface area contributed by atoms with Crippen LogP contribution in [-0.2, 0) is 0 Å². The van der Waals surface area contributed by atoms with E-state index in [4.69, 9.17) is 0 Å². The smallest absolute Gasteiger partial charge is 0.0361 e. The van der Waals surface area contributed by atoms with Gasteiger partial charge < -0.3 is 15.1 Å². The predicted octanol–water partition coefficient (Wildman–Crippen LogP) is 2.89. The quantitative estimate of drug-likeness (QED) is 0.861. The molecule has 1 atom stereocenters. The van der Waals surface area contributed by atoms with Gasteiger partial charge in [0.15, 0.2) is 0 Å². The maximum atomic E-state index is 3.72. The Kier molecular flexibility index (Phi) is 4.71. The maximum absolute atomic E-state index is 3.72. The van der Waals surface area contributed by atoms with E-state index in [0.29, 0.717) is 11.6 Å². The molecule has 1 saturated carbocycles. The molecule has 0 amide bonds. The van der Waals surface area contributed by atoms with Gasteiger partial charge >= 0.3 is 0 Å². The van der Waals surface area contributed by atoms with Crippen LogP contribution in [0.4, 0.5) is 5.69 Å². The molecule has 0 aliphatic heterocycles. The third kappa shape index (κ3) is 3.15. The first-order valence-corrected chi connectivity index (χ1v) is 7.63. The van der Waals surface area contributed by atoms with E-state index in [9.17, 15) is 0 Å². The van der Waals surface area contributed by atoms with E-state index < -0.39 is 0 Å². The summed E-state index contributed by atoms with van der Waals surface area (Å²) in [7, 11) is 8.57. The Morgan fingerprint density at radius 1 is 1.10 bits per heavy atom. The van der Waals surface area contributed by atoms with Crippen molar-refractivity contribution < 1.29 is 0 Å². The van der Waals surface area contributed by atoms with Crippen molar-refractivity contribution in [2.75, 3.05) is 39.6 Å². The van der Waals surface area contributed by atoms with E-state index in [0.717, 1.165) is 6.54 Å². The summed E-state index contributed by atoms with van der Waals surface area (Å²) in [5, 5.41) is 3.72. The highest BCUT2D eigenvalue weighted by atomic mass is 15.2. The lowest BCUT2D eigenvalue weighted by atomic mass is 9.75. The van der Waals surface area contributed by atoms with Gasteiger partial charge in [0.1, 0.15) is 0 Å². The van der Waals surface area contributed by atoms with Crippen LogP contribution < -0.4 is 10.2 Å². The summed E-state index contributed by atoms with van der Waals surface area (Å²) in [6.07, 6.45) is 4.00. The third-order valence-corrected chi connectivity index (χ3v) is 4.88. The first-order valence-electron chi connectivity index (χ1n) is 7.63. The van der Waals surface area contributed by atoms with Crippen molar-refractivity contribution in [2.24, 2.45) is 0 Å². The monoisotopic (exact) mass is 275 g/mol. The molecule has 0 radical (unpaired) electrons. The molecular weight excluding hydrogens is 246 g/mol. The highest BCUT2D eigenvalue weighted by molar-refractivity contribution is 5.46. The lowest BCUT2D eigenvalue weighted by Crippen LogP contribution is -2.56. The van der Waals surface area contributed by atoms with Crippen LogP contribution in [0.25, 0.3) is 0 Å². The SMILES string of the molecule is CC(NCC1(N(C)C)CCC1)c1ccc(N(C)C)cc1. The molecule has 0 bridgehead atoms. The van der Waals surface area contributed by atoms with Crippen LogP contribution >= 0.6 is 0 Å². The molecule has 1 N–H and O–H groups in total. The van der Waals surface area contributed by atoms with Gasteiger partial charge in [-0.05, 0) is 58.0 Å². The number of anilines is 1. The van der Waals surface area contributed by atoms with Crippen LogP contribution in [0.3, 0.4) is 0 Å². The Bertz CT molecular complexity index is 418. The van der Waals surface area contributed by atoms with Crippen molar-refractivity contribution >= 4 is 5.69 Å². The average molecular weight is 275 g/mol. The van der Waals surface area contributed by atoms with Gasteiger partial charge in [-0.25, -0.2) is 0 Å². The van der Waals surface area contributed by atoms with Crippen LogP contribution in [0.2, 0.25) is 0 Å². The topological polar surface area (TPSA) is 18.5 Å². The van der Waals surface area contributed by atoms with Gasteiger partial charge in [-0.1, -0.05) is 12.1 Å². The third-order valence-electron chi connectivity index (χ3n) is 4.88. The molecule has 0 saturated heterocycles. The van der Waals surface area contributed by atoms with E-state index in [1.165, 1.54) is 30.5 Å². The fourth-order valence-corrected chi connectivity index (χ4v) is 2.89. The molecule has 1 aliphatic rings. The van der Waals surface area contributed by atoms with Crippen molar-refractivity contribution in [1.82, 2.24) is 10.2 Å². The van der Waals surface area contributed by atoms with Crippen molar-refractivity contribution in [1.29, 1.82) is 0 Å². The second kappa shape index (κ2) is 6.15. The van der Waals surface area contributed by atoms with E-state index in [2.05, 4.69) is 74.5 Å². The van der Waals surface area contributed by atoms with Gasteiger partial charge in [-0.15, -0.1) is 0 Å². The standard InChI is InChI=1S/C17H29N3/c1-14(15-7-9-16(10-8-15)19(2)3)18-13-17(20(4)5)11-6-12-17/h7-10,14,18H,6,11-13H2,1-5H3. The summed E-state index contributed by atoms with van der Waals surface area (Å²) in [6.45, 7) is 3.34. The molecule has 1 fully saturated rings. The number of hydrogen-bond donors (Lipinski definition) is 1. The largest absolute Gasteiger partial charge is 0.378 e. The van der Waals surface area contributed by atoms with Crippen LogP contribution in [0.5, 0.6) is 0 Å². The highest BCUT2D eigenvalue weighted by Crippen LogP contribution is 2.36. The van der Waals surface area contributed by atoms with E-state index in [1.54, 1.807) is 0 Å². The molecular formula is C17H29N3. The minimum absolute atomic E-state index is 0.387. The normalized spacial score (nSPS) is 18.7. The Labute approximate surface area is 124 Å². The number of hydrogen-bond acceptors (Lipinski definition) is 3. The Balaban J connectivity index is 1.93. The summed E-state index contributed by atoms with van der Waals surface area (Å²) in [5.41, 5.74) is 3.01.